The van der Waals surface area contributed by atoms with E-state index in [2.05, 4.69) is 29.9 Å². The maximum atomic E-state index is 5.70. The average molecular weight is 206 g/mol. The Balaban J connectivity index is 2.32. The molecule has 0 bridgehead atoms. The Hall–Kier alpha value is -2.18. The number of nitrogens with one attached hydrogen (secondary N) is 1. The predicted octanol–water partition coefficient (Wildman–Crippen LogP) is 0.110. The first kappa shape index (κ1) is 9.38. The molecule has 0 saturated carbocycles. The molecule has 2 aromatic rings. The molecule has 2 heterocycles. The van der Waals surface area contributed by atoms with Crippen LogP contribution in [0.5, 0.6) is 0 Å². The van der Waals surface area contributed by atoms with Crippen LogP contribution in [0.15, 0.2) is 11.5 Å². The van der Waals surface area contributed by atoms with E-state index in [4.69, 9.17) is 5.73 Å². The average Bonchev–Trinajstić information content (AvgIpc) is 2.66. The van der Waals surface area contributed by atoms with Gasteiger partial charge >= 0.3 is 0 Å². The largest absolute Gasteiger partial charge is 0.399 e. The highest BCUT2D eigenvalue weighted by molar-refractivity contribution is 5.81. The molecule has 0 amide bonds. The molecular weight excluding hydrogens is 196 g/mol. The van der Waals surface area contributed by atoms with Crippen molar-refractivity contribution in [3.8, 4) is 0 Å². The maximum absolute atomic E-state index is 5.70. The third-order valence-electron chi connectivity index (χ3n) is 1.81. The van der Waals surface area contributed by atoms with Crippen molar-refractivity contribution in [3.63, 3.8) is 0 Å². The molecule has 7 heteroatoms. The van der Waals surface area contributed by atoms with E-state index < -0.39 is 0 Å². The maximum Gasteiger partial charge on any atom is 0.163 e. The summed E-state index contributed by atoms with van der Waals surface area (Å²) in [5.74, 6) is 0.937. The molecule has 15 heavy (non-hydrogen) atoms. The Bertz CT molecular complexity index is 491. The number of anilines is 1. The number of hydrogen-bond acceptors (Lipinski definition) is 6. The van der Waals surface area contributed by atoms with E-state index in [1.54, 1.807) is 6.21 Å². The Labute approximate surface area is 85.4 Å². The van der Waals surface area contributed by atoms with Gasteiger partial charge in [-0.05, 0) is 0 Å². The summed E-state index contributed by atoms with van der Waals surface area (Å²) in [6.45, 7) is 0. The summed E-state index contributed by atoms with van der Waals surface area (Å²) in [5, 5.41) is 3.59. The molecule has 0 spiro atoms. The molecule has 2 aromatic heterocycles. The molecule has 2 rings (SSSR count). The van der Waals surface area contributed by atoms with E-state index in [9.17, 15) is 0 Å². The highest BCUT2D eigenvalue weighted by Gasteiger charge is 2.05. The molecule has 0 aliphatic carbocycles. The van der Waals surface area contributed by atoms with Gasteiger partial charge in [0.1, 0.15) is 18.5 Å². The van der Waals surface area contributed by atoms with Crippen LogP contribution in [0.4, 0.5) is 5.82 Å². The van der Waals surface area contributed by atoms with Gasteiger partial charge in [-0.15, -0.1) is 0 Å². The van der Waals surface area contributed by atoms with Gasteiger partial charge < -0.3 is 15.6 Å². The van der Waals surface area contributed by atoms with Crippen LogP contribution >= 0.6 is 0 Å². The summed E-state index contributed by atoms with van der Waals surface area (Å²) in [6.07, 6.45) is 3.56. The third-order valence-corrected chi connectivity index (χ3v) is 1.81. The Morgan fingerprint density at radius 2 is 2.47 bits per heavy atom. The van der Waals surface area contributed by atoms with Gasteiger partial charge in [0.25, 0.3) is 0 Å². The number of nitrogens with two attached hydrogens (primary N) is 1. The molecule has 0 aromatic carbocycles. The normalized spacial score (nSPS) is 11.3. The number of nitrogens with zero attached hydrogens (tertiary/aromatic N) is 4. The number of aromatic nitrogens is 4. The predicted molar refractivity (Wildman–Crippen MR) is 55.3 cm³/mol. The number of imidazole rings is 1. The standard InChI is InChI=1S/C8H10N6O/c1-15-12-3-2-5-13-7(9)6-8(14-5)11-4-10-6/h3-4H,2H2,1H3,(H3,9,10,11,13,14)/b12-3+. The molecule has 0 unspecified atom stereocenters. The number of fused-ring (bicyclic) bond motifs is 1. The smallest absolute Gasteiger partial charge is 0.163 e. The van der Waals surface area contributed by atoms with Crippen LogP contribution in [0.25, 0.3) is 11.2 Å². The van der Waals surface area contributed by atoms with Crippen molar-refractivity contribution in [2.45, 2.75) is 6.42 Å². The minimum Gasteiger partial charge on any atom is -0.399 e. The van der Waals surface area contributed by atoms with Crippen molar-refractivity contribution >= 4 is 23.2 Å². The molecule has 3 N–H and O–H groups in total. The molecule has 0 radical (unpaired) electrons. The lowest BCUT2D eigenvalue weighted by Crippen LogP contribution is -2.01. The number of oxime groups is 1. The summed E-state index contributed by atoms with van der Waals surface area (Å²) < 4.78 is 0. The quantitative estimate of drug-likeness (QED) is 0.548. The van der Waals surface area contributed by atoms with Crippen molar-refractivity contribution in [2.75, 3.05) is 12.8 Å². The van der Waals surface area contributed by atoms with E-state index >= 15 is 0 Å². The Morgan fingerprint density at radius 1 is 1.60 bits per heavy atom. The second-order valence-electron chi connectivity index (χ2n) is 2.80. The summed E-state index contributed by atoms with van der Waals surface area (Å²) in [6, 6.07) is 0. The van der Waals surface area contributed by atoms with Crippen molar-refractivity contribution < 1.29 is 4.84 Å². The summed E-state index contributed by atoms with van der Waals surface area (Å²) in [5.41, 5.74) is 6.91. The van der Waals surface area contributed by atoms with Crippen LogP contribution in [0, 0.1) is 0 Å². The fourth-order valence-electron chi connectivity index (χ4n) is 1.19. The number of rotatable bonds is 3. The molecule has 0 saturated heterocycles. The molecule has 0 aliphatic rings. The third kappa shape index (κ3) is 1.85. The minimum atomic E-state index is 0.363. The molecule has 7 nitrogen and oxygen atoms in total. The van der Waals surface area contributed by atoms with E-state index in [1.807, 2.05) is 0 Å². The number of H-pyrrole nitrogens is 1. The minimum absolute atomic E-state index is 0.363. The first-order valence-corrected chi connectivity index (χ1v) is 4.31. The van der Waals surface area contributed by atoms with Crippen molar-refractivity contribution in [1.29, 1.82) is 0 Å². The van der Waals surface area contributed by atoms with Crippen LogP contribution in [-0.2, 0) is 11.3 Å². The van der Waals surface area contributed by atoms with Gasteiger partial charge in [-0.1, -0.05) is 5.16 Å². The van der Waals surface area contributed by atoms with Gasteiger partial charge in [-0.3, -0.25) is 0 Å². The number of hydrogen-bond donors (Lipinski definition) is 2. The van der Waals surface area contributed by atoms with Gasteiger partial charge in [0, 0.05) is 6.42 Å². The fourth-order valence-corrected chi connectivity index (χ4v) is 1.19. The van der Waals surface area contributed by atoms with Gasteiger partial charge in [0.2, 0.25) is 0 Å². The molecule has 0 fully saturated rings. The fraction of sp³-hybridized carbons (Fsp3) is 0.250. The van der Waals surface area contributed by atoms with Crippen molar-refractivity contribution in [2.24, 2.45) is 5.16 Å². The van der Waals surface area contributed by atoms with Crippen LogP contribution < -0.4 is 5.73 Å². The SMILES string of the molecule is CO/N=C/Cc1nc(N)c2nc[nH]c2n1. The zero-order chi connectivity index (χ0) is 10.7. The lowest BCUT2D eigenvalue weighted by Gasteiger charge is -1.97. The highest BCUT2D eigenvalue weighted by atomic mass is 16.6. The van der Waals surface area contributed by atoms with Crippen LogP contribution in [0.1, 0.15) is 5.82 Å². The molecule has 78 valence electrons. The zero-order valence-corrected chi connectivity index (χ0v) is 8.14. The topological polar surface area (TPSA) is 102 Å². The van der Waals surface area contributed by atoms with Gasteiger partial charge in [0.15, 0.2) is 11.5 Å². The van der Waals surface area contributed by atoms with E-state index in [1.165, 1.54) is 13.4 Å². The van der Waals surface area contributed by atoms with Gasteiger partial charge in [-0.2, -0.15) is 0 Å². The van der Waals surface area contributed by atoms with Gasteiger partial charge in [-0.25, -0.2) is 15.0 Å². The highest BCUT2D eigenvalue weighted by Crippen LogP contribution is 2.12. The van der Waals surface area contributed by atoms with Crippen molar-refractivity contribution in [3.05, 3.63) is 12.2 Å². The monoisotopic (exact) mass is 206 g/mol. The van der Waals surface area contributed by atoms with E-state index in [0.717, 1.165) is 0 Å². The number of aromatic amines is 1. The summed E-state index contributed by atoms with van der Waals surface area (Å²) in [7, 11) is 1.48. The molecule has 0 atom stereocenters. The van der Waals surface area contributed by atoms with Crippen LogP contribution in [0.2, 0.25) is 0 Å². The second kappa shape index (κ2) is 3.91. The first-order chi connectivity index (χ1) is 7.31. The zero-order valence-electron chi connectivity index (χ0n) is 8.14. The number of nitrogen functional groups attached to an aromatic ring is 1. The lowest BCUT2D eigenvalue weighted by atomic mass is 10.4. The van der Waals surface area contributed by atoms with Crippen molar-refractivity contribution in [1.82, 2.24) is 19.9 Å². The molecular formula is C8H10N6O. The summed E-state index contributed by atoms with van der Waals surface area (Å²) >= 11 is 0. The van der Waals surface area contributed by atoms with Crippen LogP contribution in [0.3, 0.4) is 0 Å². The van der Waals surface area contributed by atoms with E-state index in [-0.39, 0.29) is 0 Å². The lowest BCUT2D eigenvalue weighted by molar-refractivity contribution is 0.214. The van der Waals surface area contributed by atoms with Gasteiger partial charge in [0.05, 0.1) is 12.5 Å². The first-order valence-electron chi connectivity index (χ1n) is 4.31. The summed E-state index contributed by atoms with van der Waals surface area (Å²) in [4.78, 5) is 19.7. The second-order valence-corrected chi connectivity index (χ2v) is 2.80. The molecule has 0 aliphatic heterocycles. The Kier molecular flexibility index (Phi) is 2.44. The van der Waals surface area contributed by atoms with Crippen LogP contribution in [-0.4, -0.2) is 33.3 Å². The Morgan fingerprint density at radius 3 is 3.27 bits per heavy atom. The van der Waals surface area contributed by atoms with E-state index in [0.29, 0.717) is 29.2 Å².